The molecule has 1 fully saturated rings. The van der Waals surface area contributed by atoms with Crippen LogP contribution in [-0.4, -0.2) is 13.1 Å². The van der Waals surface area contributed by atoms with Crippen molar-refractivity contribution in [3.05, 3.63) is 35.4 Å². The van der Waals surface area contributed by atoms with Gasteiger partial charge in [0.2, 0.25) is 0 Å². The summed E-state index contributed by atoms with van der Waals surface area (Å²) in [6.07, 6.45) is 5.34. The second-order valence-corrected chi connectivity index (χ2v) is 4.74. The molecule has 15 heavy (non-hydrogen) atoms. The maximum Gasteiger partial charge on any atom is -0.00462 e. The molecule has 0 saturated carbocycles. The lowest BCUT2D eigenvalue weighted by molar-refractivity contribution is 0.470. The van der Waals surface area contributed by atoms with Gasteiger partial charge in [-0.15, -0.1) is 0 Å². The van der Waals surface area contributed by atoms with Gasteiger partial charge in [-0.1, -0.05) is 29.8 Å². The Bertz CT molecular complexity index is 281. The van der Waals surface area contributed by atoms with Crippen LogP contribution < -0.4 is 5.32 Å². The molecule has 1 heterocycles. The van der Waals surface area contributed by atoms with E-state index < -0.39 is 0 Å². The Labute approximate surface area is 92.9 Å². The summed E-state index contributed by atoms with van der Waals surface area (Å²) in [6, 6.07) is 9.02. The normalized spacial score (nSPS) is 22.3. The Hall–Kier alpha value is -0.820. The lowest BCUT2D eigenvalue weighted by Gasteiger charge is -2.13. The summed E-state index contributed by atoms with van der Waals surface area (Å²) in [4.78, 5) is 0. The number of nitrogens with one attached hydrogen (secondary N) is 1. The van der Waals surface area contributed by atoms with Crippen LogP contribution in [0.5, 0.6) is 0 Å². The van der Waals surface area contributed by atoms with Crippen molar-refractivity contribution in [3.63, 3.8) is 0 Å². The number of hydrogen-bond donors (Lipinski definition) is 1. The fourth-order valence-electron chi connectivity index (χ4n) is 2.35. The second-order valence-electron chi connectivity index (χ2n) is 4.74. The van der Waals surface area contributed by atoms with Gasteiger partial charge in [0.25, 0.3) is 0 Å². The summed E-state index contributed by atoms with van der Waals surface area (Å²) in [5, 5.41) is 3.47. The van der Waals surface area contributed by atoms with Gasteiger partial charge in [0, 0.05) is 0 Å². The molecule has 1 heteroatoms. The van der Waals surface area contributed by atoms with Crippen molar-refractivity contribution >= 4 is 0 Å². The van der Waals surface area contributed by atoms with Crippen LogP contribution in [0, 0.1) is 12.8 Å². The van der Waals surface area contributed by atoms with Crippen molar-refractivity contribution in [2.45, 2.75) is 32.6 Å². The van der Waals surface area contributed by atoms with Crippen molar-refractivity contribution in [1.82, 2.24) is 5.32 Å². The molecule has 1 unspecified atom stereocenters. The summed E-state index contributed by atoms with van der Waals surface area (Å²) in [5.41, 5.74) is 2.87. The zero-order chi connectivity index (χ0) is 10.5. The van der Waals surface area contributed by atoms with E-state index in [4.69, 9.17) is 0 Å². The van der Waals surface area contributed by atoms with Crippen LogP contribution in [0.2, 0.25) is 0 Å². The van der Waals surface area contributed by atoms with E-state index in [0.29, 0.717) is 0 Å². The molecule has 1 N–H and O–H groups in total. The van der Waals surface area contributed by atoms with Crippen LogP contribution in [-0.2, 0) is 6.42 Å². The molecule has 1 aliphatic rings. The summed E-state index contributed by atoms with van der Waals surface area (Å²) < 4.78 is 0. The van der Waals surface area contributed by atoms with Crippen LogP contribution in [0.4, 0.5) is 0 Å². The molecule has 0 spiro atoms. The van der Waals surface area contributed by atoms with Gasteiger partial charge in [-0.2, -0.15) is 0 Å². The third-order valence-electron chi connectivity index (χ3n) is 3.34. The molecule has 0 bridgehead atoms. The predicted molar refractivity (Wildman–Crippen MR) is 65.1 cm³/mol. The van der Waals surface area contributed by atoms with Gasteiger partial charge in [-0.05, 0) is 57.2 Å². The molecule has 1 nitrogen and oxygen atoms in total. The molecule has 0 aliphatic carbocycles. The summed E-state index contributed by atoms with van der Waals surface area (Å²) in [5.74, 6) is 0.891. The lowest BCUT2D eigenvalue weighted by Crippen LogP contribution is -2.14. The van der Waals surface area contributed by atoms with Gasteiger partial charge >= 0.3 is 0 Å². The quantitative estimate of drug-likeness (QED) is 0.779. The van der Waals surface area contributed by atoms with Crippen molar-refractivity contribution in [2.24, 2.45) is 5.92 Å². The predicted octanol–water partition coefficient (Wildman–Crippen LogP) is 2.93. The molecule has 1 aromatic carbocycles. The molecule has 0 aromatic heterocycles. The van der Waals surface area contributed by atoms with Crippen molar-refractivity contribution < 1.29 is 0 Å². The highest BCUT2D eigenvalue weighted by molar-refractivity contribution is 5.21. The smallest absolute Gasteiger partial charge is 0.00462 e. The standard InChI is InChI=1S/C14H21N/c1-12-4-6-14(7-5-12)11-13-3-2-9-15-10-8-13/h4-7,13,15H,2-3,8-11H2,1H3. The largest absolute Gasteiger partial charge is 0.317 e. The highest BCUT2D eigenvalue weighted by Crippen LogP contribution is 2.19. The molecule has 82 valence electrons. The summed E-state index contributed by atoms with van der Waals surface area (Å²) in [6.45, 7) is 4.57. The third-order valence-corrected chi connectivity index (χ3v) is 3.34. The van der Waals surface area contributed by atoms with Crippen molar-refractivity contribution in [2.75, 3.05) is 13.1 Å². The van der Waals surface area contributed by atoms with Gasteiger partial charge in [-0.3, -0.25) is 0 Å². The monoisotopic (exact) mass is 203 g/mol. The highest BCUT2D eigenvalue weighted by atomic mass is 14.8. The van der Waals surface area contributed by atoms with Crippen LogP contribution in [0.25, 0.3) is 0 Å². The van der Waals surface area contributed by atoms with Crippen LogP contribution >= 0.6 is 0 Å². The van der Waals surface area contributed by atoms with E-state index >= 15 is 0 Å². The van der Waals surface area contributed by atoms with Gasteiger partial charge < -0.3 is 5.32 Å². The Morgan fingerprint density at radius 2 is 1.93 bits per heavy atom. The fraction of sp³-hybridized carbons (Fsp3) is 0.571. The number of aryl methyl sites for hydroxylation is 1. The first-order valence-corrected chi connectivity index (χ1v) is 6.11. The fourth-order valence-corrected chi connectivity index (χ4v) is 2.35. The van der Waals surface area contributed by atoms with Crippen LogP contribution in [0.1, 0.15) is 30.4 Å². The van der Waals surface area contributed by atoms with Crippen molar-refractivity contribution in [3.8, 4) is 0 Å². The molecule has 1 atom stereocenters. The molecule has 2 rings (SSSR count). The van der Waals surface area contributed by atoms with Gasteiger partial charge in [0.05, 0.1) is 0 Å². The van der Waals surface area contributed by atoms with Gasteiger partial charge in [0.15, 0.2) is 0 Å². The second kappa shape index (κ2) is 5.32. The maximum atomic E-state index is 3.47. The Kier molecular flexibility index (Phi) is 3.79. The van der Waals surface area contributed by atoms with Crippen molar-refractivity contribution in [1.29, 1.82) is 0 Å². The molecular formula is C14H21N. The first-order valence-electron chi connectivity index (χ1n) is 6.11. The number of rotatable bonds is 2. The van der Waals surface area contributed by atoms with E-state index in [-0.39, 0.29) is 0 Å². The average Bonchev–Trinajstić information content (AvgIpc) is 2.50. The minimum atomic E-state index is 0.891. The summed E-state index contributed by atoms with van der Waals surface area (Å²) >= 11 is 0. The van der Waals surface area contributed by atoms with Gasteiger partial charge in [-0.25, -0.2) is 0 Å². The third kappa shape index (κ3) is 3.35. The Morgan fingerprint density at radius 3 is 2.73 bits per heavy atom. The Balaban J connectivity index is 1.92. The summed E-state index contributed by atoms with van der Waals surface area (Å²) in [7, 11) is 0. The average molecular weight is 203 g/mol. The molecule has 1 aliphatic heterocycles. The lowest BCUT2D eigenvalue weighted by atomic mass is 9.92. The van der Waals surface area contributed by atoms with E-state index in [0.717, 1.165) is 5.92 Å². The number of benzene rings is 1. The topological polar surface area (TPSA) is 12.0 Å². The van der Waals surface area contributed by atoms with E-state index in [9.17, 15) is 0 Å². The van der Waals surface area contributed by atoms with Crippen LogP contribution in [0.15, 0.2) is 24.3 Å². The Morgan fingerprint density at radius 1 is 1.13 bits per heavy atom. The first kappa shape index (κ1) is 10.7. The molecular weight excluding hydrogens is 182 g/mol. The van der Waals surface area contributed by atoms with E-state index in [2.05, 4.69) is 36.5 Å². The SMILES string of the molecule is Cc1ccc(CC2CCCNCC2)cc1. The molecule has 0 amide bonds. The van der Waals surface area contributed by atoms with E-state index in [1.165, 1.54) is 49.9 Å². The minimum absolute atomic E-state index is 0.891. The molecule has 1 aromatic rings. The van der Waals surface area contributed by atoms with E-state index in [1.807, 2.05) is 0 Å². The molecule has 0 radical (unpaired) electrons. The van der Waals surface area contributed by atoms with Gasteiger partial charge in [0.1, 0.15) is 0 Å². The maximum absolute atomic E-state index is 3.47. The van der Waals surface area contributed by atoms with E-state index in [1.54, 1.807) is 0 Å². The zero-order valence-electron chi connectivity index (χ0n) is 9.63. The zero-order valence-corrected chi connectivity index (χ0v) is 9.63. The minimum Gasteiger partial charge on any atom is -0.317 e. The number of hydrogen-bond acceptors (Lipinski definition) is 1. The molecule has 1 saturated heterocycles. The highest BCUT2D eigenvalue weighted by Gasteiger charge is 2.11. The first-order chi connectivity index (χ1) is 7.34. The van der Waals surface area contributed by atoms with Crippen LogP contribution in [0.3, 0.4) is 0 Å².